The van der Waals surface area contributed by atoms with Gasteiger partial charge < -0.3 is 14.8 Å². The number of rotatable bonds is 3. The molecular formula is C15H10BrClFNO3. The van der Waals surface area contributed by atoms with Gasteiger partial charge in [-0.1, -0.05) is 17.7 Å². The third-order valence-electron chi connectivity index (χ3n) is 3.17. The molecule has 0 atom stereocenters. The number of carbonyl (C=O) groups is 1. The van der Waals surface area contributed by atoms with Crippen LogP contribution in [0.4, 0.5) is 4.39 Å². The van der Waals surface area contributed by atoms with E-state index in [1.807, 2.05) is 0 Å². The number of amides is 1. The Morgan fingerprint density at radius 1 is 1.27 bits per heavy atom. The van der Waals surface area contributed by atoms with E-state index in [-0.39, 0.29) is 23.9 Å². The van der Waals surface area contributed by atoms with Gasteiger partial charge in [-0.05, 0) is 45.8 Å². The zero-order valence-corrected chi connectivity index (χ0v) is 13.5. The van der Waals surface area contributed by atoms with Gasteiger partial charge in [-0.2, -0.15) is 0 Å². The Morgan fingerprint density at radius 2 is 2.05 bits per heavy atom. The zero-order chi connectivity index (χ0) is 15.7. The molecule has 7 heteroatoms. The summed E-state index contributed by atoms with van der Waals surface area (Å²) >= 11 is 8.88. The molecule has 3 rings (SSSR count). The molecule has 0 aromatic heterocycles. The Hall–Kier alpha value is -1.79. The van der Waals surface area contributed by atoms with Crippen molar-refractivity contribution in [3.8, 4) is 11.5 Å². The van der Waals surface area contributed by atoms with Crippen LogP contribution in [-0.2, 0) is 6.54 Å². The maximum atomic E-state index is 14.0. The average Bonchev–Trinajstić information content (AvgIpc) is 2.98. The molecule has 0 bridgehead atoms. The first-order chi connectivity index (χ1) is 10.6. The molecule has 2 aromatic carbocycles. The van der Waals surface area contributed by atoms with E-state index in [1.165, 1.54) is 12.1 Å². The number of nitrogens with one attached hydrogen (secondary N) is 1. The Balaban J connectivity index is 1.71. The third-order valence-corrected chi connectivity index (χ3v) is 4.43. The Bertz CT molecular complexity index is 754. The van der Waals surface area contributed by atoms with Crippen LogP contribution < -0.4 is 14.8 Å². The predicted molar refractivity (Wildman–Crippen MR) is 82.8 cm³/mol. The number of carbonyl (C=O) groups excluding carboxylic acids is 1. The lowest BCUT2D eigenvalue weighted by atomic mass is 10.1. The maximum absolute atomic E-state index is 14.0. The highest BCUT2D eigenvalue weighted by molar-refractivity contribution is 9.10. The van der Waals surface area contributed by atoms with Crippen LogP contribution in [0.2, 0.25) is 5.02 Å². The summed E-state index contributed by atoms with van der Waals surface area (Å²) in [4.78, 5) is 12.1. The minimum atomic E-state index is -0.751. The van der Waals surface area contributed by atoms with Crippen LogP contribution in [0.25, 0.3) is 0 Å². The van der Waals surface area contributed by atoms with Gasteiger partial charge in [0.1, 0.15) is 0 Å². The Kier molecular flexibility index (Phi) is 4.22. The van der Waals surface area contributed by atoms with E-state index in [4.69, 9.17) is 21.1 Å². The largest absolute Gasteiger partial charge is 0.454 e. The Labute approximate surface area is 139 Å². The second kappa shape index (κ2) is 6.14. The van der Waals surface area contributed by atoms with Gasteiger partial charge in [0.15, 0.2) is 17.3 Å². The molecule has 4 nitrogen and oxygen atoms in total. The quantitative estimate of drug-likeness (QED) is 0.814. The van der Waals surface area contributed by atoms with E-state index in [0.717, 1.165) is 5.56 Å². The molecule has 1 aliphatic rings. The van der Waals surface area contributed by atoms with Crippen molar-refractivity contribution < 1.29 is 18.7 Å². The van der Waals surface area contributed by atoms with Crippen molar-refractivity contribution in [1.29, 1.82) is 0 Å². The topological polar surface area (TPSA) is 47.6 Å². The van der Waals surface area contributed by atoms with Crippen molar-refractivity contribution in [2.75, 3.05) is 6.79 Å². The fourth-order valence-electron chi connectivity index (χ4n) is 2.03. The number of hydrogen-bond donors (Lipinski definition) is 1. The fraction of sp³-hybridized carbons (Fsp3) is 0.133. The molecular weight excluding hydrogens is 377 g/mol. The van der Waals surface area contributed by atoms with Crippen molar-refractivity contribution >= 4 is 33.4 Å². The van der Waals surface area contributed by atoms with E-state index in [0.29, 0.717) is 16.0 Å². The lowest BCUT2D eigenvalue weighted by Gasteiger charge is -2.08. The second-order valence-electron chi connectivity index (χ2n) is 4.59. The smallest absolute Gasteiger partial charge is 0.254 e. The van der Waals surface area contributed by atoms with Crippen LogP contribution in [0.5, 0.6) is 11.5 Å². The molecule has 0 fully saturated rings. The van der Waals surface area contributed by atoms with Crippen LogP contribution in [0, 0.1) is 5.82 Å². The number of ether oxygens (including phenoxy) is 2. The van der Waals surface area contributed by atoms with Gasteiger partial charge in [0.2, 0.25) is 6.79 Å². The van der Waals surface area contributed by atoms with E-state index < -0.39 is 11.7 Å². The highest BCUT2D eigenvalue weighted by atomic mass is 79.9. The average molecular weight is 387 g/mol. The minimum Gasteiger partial charge on any atom is -0.454 e. The van der Waals surface area contributed by atoms with Crippen molar-refractivity contribution in [3.05, 3.63) is 56.8 Å². The molecule has 0 saturated heterocycles. The summed E-state index contributed by atoms with van der Waals surface area (Å²) in [5, 5.41) is 2.53. The van der Waals surface area contributed by atoms with Crippen LogP contribution in [-0.4, -0.2) is 12.7 Å². The fourth-order valence-corrected chi connectivity index (χ4v) is 2.50. The van der Waals surface area contributed by atoms with E-state index in [1.54, 1.807) is 18.2 Å². The molecule has 22 heavy (non-hydrogen) atoms. The molecule has 0 aliphatic carbocycles. The molecule has 0 spiro atoms. The van der Waals surface area contributed by atoms with Crippen molar-refractivity contribution in [2.45, 2.75) is 6.54 Å². The molecule has 114 valence electrons. The van der Waals surface area contributed by atoms with Crippen LogP contribution in [0.1, 0.15) is 15.9 Å². The zero-order valence-electron chi connectivity index (χ0n) is 11.2. The van der Waals surface area contributed by atoms with E-state index in [9.17, 15) is 9.18 Å². The first-order valence-electron chi connectivity index (χ1n) is 6.36. The Morgan fingerprint density at radius 3 is 2.86 bits per heavy atom. The minimum absolute atomic E-state index is 0.103. The first kappa shape index (κ1) is 15.1. The summed E-state index contributed by atoms with van der Waals surface area (Å²) in [5.41, 5.74) is 0.718. The maximum Gasteiger partial charge on any atom is 0.254 e. The van der Waals surface area contributed by atoms with Gasteiger partial charge in [-0.15, -0.1) is 0 Å². The van der Waals surface area contributed by atoms with Gasteiger partial charge >= 0.3 is 0 Å². The van der Waals surface area contributed by atoms with Crippen molar-refractivity contribution in [1.82, 2.24) is 5.32 Å². The monoisotopic (exact) mass is 385 g/mol. The van der Waals surface area contributed by atoms with Gasteiger partial charge in [0.25, 0.3) is 5.91 Å². The lowest BCUT2D eigenvalue weighted by Crippen LogP contribution is -2.24. The van der Waals surface area contributed by atoms with Gasteiger partial charge in [0, 0.05) is 11.0 Å². The van der Waals surface area contributed by atoms with Gasteiger partial charge in [0.05, 0.1) is 10.6 Å². The standard InChI is InChI=1S/C15H10BrClFNO3/c16-10-3-2-9(14(18)13(10)17)15(20)19-6-8-1-4-11-12(5-8)22-7-21-11/h1-5H,6-7H2,(H,19,20). The van der Waals surface area contributed by atoms with E-state index in [2.05, 4.69) is 21.2 Å². The molecule has 0 radical (unpaired) electrons. The number of halogens is 3. The summed E-state index contributed by atoms with van der Waals surface area (Å²) in [6.45, 7) is 0.427. The van der Waals surface area contributed by atoms with Crippen molar-refractivity contribution in [3.63, 3.8) is 0 Å². The van der Waals surface area contributed by atoms with Crippen LogP contribution in [0.15, 0.2) is 34.8 Å². The second-order valence-corrected chi connectivity index (χ2v) is 5.83. The van der Waals surface area contributed by atoms with Gasteiger partial charge in [-0.3, -0.25) is 4.79 Å². The molecule has 1 heterocycles. The normalized spacial score (nSPS) is 12.3. The van der Waals surface area contributed by atoms with Crippen LogP contribution in [0.3, 0.4) is 0 Å². The number of hydrogen-bond acceptors (Lipinski definition) is 3. The number of fused-ring (bicyclic) bond motifs is 1. The highest BCUT2D eigenvalue weighted by Gasteiger charge is 2.17. The van der Waals surface area contributed by atoms with Crippen molar-refractivity contribution in [2.24, 2.45) is 0 Å². The molecule has 0 unspecified atom stereocenters. The molecule has 2 aromatic rings. The summed E-state index contributed by atoms with van der Waals surface area (Å²) in [6, 6.07) is 8.24. The lowest BCUT2D eigenvalue weighted by molar-refractivity contribution is 0.0946. The van der Waals surface area contributed by atoms with Crippen LogP contribution >= 0.6 is 27.5 Å². The summed E-state index contributed by atoms with van der Waals surface area (Å²) in [5.74, 6) is 0.00854. The third kappa shape index (κ3) is 2.89. The summed E-state index contributed by atoms with van der Waals surface area (Å²) < 4.78 is 24.8. The number of benzene rings is 2. The molecule has 1 amide bonds. The first-order valence-corrected chi connectivity index (χ1v) is 7.53. The highest BCUT2D eigenvalue weighted by Crippen LogP contribution is 2.32. The molecule has 1 aliphatic heterocycles. The molecule has 1 N–H and O–H groups in total. The SMILES string of the molecule is O=C(NCc1ccc2c(c1)OCO2)c1ccc(Br)c(Cl)c1F. The predicted octanol–water partition coefficient (Wildman–Crippen LogP) is 3.90. The summed E-state index contributed by atoms with van der Waals surface area (Å²) in [6.07, 6.45) is 0. The summed E-state index contributed by atoms with van der Waals surface area (Å²) in [7, 11) is 0. The van der Waals surface area contributed by atoms with Gasteiger partial charge in [-0.25, -0.2) is 4.39 Å². The molecule has 0 saturated carbocycles. The van der Waals surface area contributed by atoms with E-state index >= 15 is 0 Å².